The van der Waals surface area contributed by atoms with Gasteiger partial charge in [0, 0.05) is 18.7 Å². The Balaban J connectivity index is 1.48. The van der Waals surface area contributed by atoms with Gasteiger partial charge in [0.2, 0.25) is 0 Å². The minimum absolute atomic E-state index is 0.0364. The molecule has 0 bridgehead atoms. The Bertz CT molecular complexity index is 1180. The van der Waals surface area contributed by atoms with E-state index in [2.05, 4.69) is 22.4 Å². The normalized spacial score (nSPS) is 11.9. The molecule has 1 heterocycles. The van der Waals surface area contributed by atoms with Crippen LogP contribution in [0.2, 0.25) is 0 Å². The molecule has 2 amide bonds. The Kier molecular flexibility index (Phi) is 6.87. The molecule has 0 radical (unpaired) electrons. The lowest BCUT2D eigenvalue weighted by Gasteiger charge is -2.21. The molecule has 0 unspecified atom stereocenters. The average Bonchev–Trinajstić information content (AvgIpc) is 3.16. The summed E-state index contributed by atoms with van der Waals surface area (Å²) in [5.74, 6) is -1.79. The van der Waals surface area contributed by atoms with E-state index in [9.17, 15) is 14.4 Å². The van der Waals surface area contributed by atoms with E-state index in [-0.39, 0.29) is 30.5 Å². The molecule has 0 spiro atoms. The van der Waals surface area contributed by atoms with Crippen molar-refractivity contribution >= 4 is 23.7 Å². The van der Waals surface area contributed by atoms with Crippen molar-refractivity contribution in [1.29, 1.82) is 0 Å². The number of anilines is 1. The van der Waals surface area contributed by atoms with Gasteiger partial charge in [0.25, 0.3) is 5.91 Å². The first kappa shape index (κ1) is 23.0. The fourth-order valence-electron chi connectivity index (χ4n) is 4.26. The highest BCUT2D eigenvalue weighted by Gasteiger charge is 2.29. The van der Waals surface area contributed by atoms with Gasteiger partial charge in [-0.25, -0.2) is 9.78 Å². The molecule has 8 heteroatoms. The number of pyridine rings is 1. The second kappa shape index (κ2) is 10.2. The van der Waals surface area contributed by atoms with Crippen LogP contribution in [0, 0.1) is 0 Å². The number of hydrogen-bond acceptors (Lipinski definition) is 5. The highest BCUT2D eigenvalue weighted by Crippen LogP contribution is 2.44. The van der Waals surface area contributed by atoms with Gasteiger partial charge >= 0.3 is 12.1 Å². The van der Waals surface area contributed by atoms with Crippen molar-refractivity contribution in [3.63, 3.8) is 0 Å². The van der Waals surface area contributed by atoms with E-state index in [1.54, 1.807) is 6.07 Å². The van der Waals surface area contributed by atoms with Crippen LogP contribution in [0.3, 0.4) is 0 Å². The van der Waals surface area contributed by atoms with Gasteiger partial charge in [0.15, 0.2) is 5.69 Å². The summed E-state index contributed by atoms with van der Waals surface area (Å²) in [6, 6.07) is 19.2. The number of aromatic nitrogens is 1. The number of fused-ring (bicyclic) bond motifs is 3. The molecule has 3 aromatic rings. The molecule has 34 heavy (non-hydrogen) atoms. The molecule has 0 saturated heterocycles. The highest BCUT2D eigenvalue weighted by atomic mass is 16.5. The minimum Gasteiger partial charge on any atom is -0.480 e. The number of amides is 2. The molecule has 1 aliphatic rings. The number of carboxylic acids is 1. The summed E-state index contributed by atoms with van der Waals surface area (Å²) < 4.78 is 5.55. The first-order chi connectivity index (χ1) is 16.5. The standard InChI is InChI=1S/C26H25N3O5/c1-2-14-29(15-23(30)31)25(32)24-22(12-7-13-27-24)28-26(33)34-16-21-19-10-5-3-8-17(19)18-9-4-6-11-20(18)21/h3-13,21H,2,14-16H2,1H3,(H,28,33)(H,30,31). The number of carboxylic acid groups (broad SMARTS) is 1. The Morgan fingerprint density at radius 1 is 1.00 bits per heavy atom. The summed E-state index contributed by atoms with van der Waals surface area (Å²) in [4.78, 5) is 42.0. The van der Waals surface area contributed by atoms with Crippen molar-refractivity contribution in [2.75, 3.05) is 25.0 Å². The number of rotatable bonds is 8. The van der Waals surface area contributed by atoms with Crippen LogP contribution >= 0.6 is 0 Å². The molecule has 0 atom stereocenters. The van der Waals surface area contributed by atoms with Gasteiger partial charge in [-0.3, -0.25) is 14.9 Å². The van der Waals surface area contributed by atoms with Crippen LogP contribution in [0.25, 0.3) is 11.1 Å². The van der Waals surface area contributed by atoms with Crippen LogP contribution < -0.4 is 5.32 Å². The average molecular weight is 460 g/mol. The molecule has 174 valence electrons. The van der Waals surface area contributed by atoms with Gasteiger partial charge in [-0.05, 0) is 40.8 Å². The van der Waals surface area contributed by atoms with E-state index >= 15 is 0 Å². The maximum absolute atomic E-state index is 12.9. The van der Waals surface area contributed by atoms with Gasteiger partial charge in [0.1, 0.15) is 13.2 Å². The molecule has 0 fully saturated rings. The number of carbonyl (C=O) groups excluding carboxylic acids is 2. The van der Waals surface area contributed by atoms with Crippen molar-refractivity contribution in [3.8, 4) is 11.1 Å². The third kappa shape index (κ3) is 4.76. The summed E-state index contributed by atoms with van der Waals surface area (Å²) in [7, 11) is 0. The number of aliphatic carboxylic acids is 1. The molecule has 2 aromatic carbocycles. The smallest absolute Gasteiger partial charge is 0.411 e. The first-order valence-corrected chi connectivity index (χ1v) is 11.1. The van der Waals surface area contributed by atoms with Crippen molar-refractivity contribution in [3.05, 3.63) is 83.7 Å². The zero-order valence-electron chi connectivity index (χ0n) is 18.7. The Labute approximate surface area is 197 Å². The maximum atomic E-state index is 12.9. The minimum atomic E-state index is -1.12. The van der Waals surface area contributed by atoms with Gasteiger partial charge in [-0.2, -0.15) is 0 Å². The molecule has 0 saturated carbocycles. The lowest BCUT2D eigenvalue weighted by Crippen LogP contribution is -2.37. The van der Waals surface area contributed by atoms with E-state index < -0.39 is 24.5 Å². The van der Waals surface area contributed by atoms with Crippen LogP contribution in [0.4, 0.5) is 10.5 Å². The number of carbonyl (C=O) groups is 3. The van der Waals surface area contributed by atoms with E-state index in [0.29, 0.717) is 6.42 Å². The van der Waals surface area contributed by atoms with Gasteiger partial charge in [0.05, 0.1) is 5.69 Å². The molecule has 1 aliphatic carbocycles. The van der Waals surface area contributed by atoms with Crippen LogP contribution in [-0.2, 0) is 9.53 Å². The topological polar surface area (TPSA) is 109 Å². The van der Waals surface area contributed by atoms with Crippen LogP contribution in [0.1, 0.15) is 40.9 Å². The second-order valence-corrected chi connectivity index (χ2v) is 7.97. The molecular formula is C26H25N3O5. The molecular weight excluding hydrogens is 434 g/mol. The van der Waals surface area contributed by atoms with E-state index in [1.165, 1.54) is 17.2 Å². The summed E-state index contributed by atoms with van der Waals surface area (Å²) in [5.41, 5.74) is 4.57. The summed E-state index contributed by atoms with van der Waals surface area (Å²) in [5, 5.41) is 11.7. The fourth-order valence-corrected chi connectivity index (χ4v) is 4.26. The quantitative estimate of drug-likeness (QED) is 0.518. The number of benzene rings is 2. The largest absolute Gasteiger partial charge is 0.480 e. The summed E-state index contributed by atoms with van der Waals surface area (Å²) in [6.45, 7) is 1.78. The van der Waals surface area contributed by atoms with Crippen LogP contribution in [0.15, 0.2) is 66.9 Å². The van der Waals surface area contributed by atoms with Crippen LogP contribution in [0.5, 0.6) is 0 Å². The lowest BCUT2D eigenvalue weighted by atomic mass is 9.98. The zero-order chi connectivity index (χ0) is 24.1. The van der Waals surface area contributed by atoms with Gasteiger partial charge in [-0.1, -0.05) is 55.5 Å². The highest BCUT2D eigenvalue weighted by molar-refractivity contribution is 6.01. The predicted molar refractivity (Wildman–Crippen MR) is 127 cm³/mol. The van der Waals surface area contributed by atoms with Crippen LogP contribution in [-0.4, -0.2) is 52.7 Å². The van der Waals surface area contributed by atoms with E-state index in [0.717, 1.165) is 22.3 Å². The zero-order valence-corrected chi connectivity index (χ0v) is 18.7. The maximum Gasteiger partial charge on any atom is 0.411 e. The van der Waals surface area contributed by atoms with Gasteiger partial charge in [-0.15, -0.1) is 0 Å². The molecule has 8 nitrogen and oxygen atoms in total. The summed E-state index contributed by atoms with van der Waals surface area (Å²) in [6.07, 6.45) is 1.28. The van der Waals surface area contributed by atoms with Gasteiger partial charge < -0.3 is 14.7 Å². The SMILES string of the molecule is CCCN(CC(=O)O)C(=O)c1ncccc1NC(=O)OCC1c2ccccc2-c2ccccc21. The number of ether oxygens (including phenoxy) is 1. The number of nitrogens with one attached hydrogen (secondary N) is 1. The second-order valence-electron chi connectivity index (χ2n) is 7.97. The van der Waals surface area contributed by atoms with E-state index in [1.807, 2.05) is 43.3 Å². The van der Waals surface area contributed by atoms with Crippen molar-refractivity contribution < 1.29 is 24.2 Å². The Morgan fingerprint density at radius 2 is 1.65 bits per heavy atom. The molecule has 0 aliphatic heterocycles. The lowest BCUT2D eigenvalue weighted by molar-refractivity contribution is -0.137. The van der Waals surface area contributed by atoms with Crippen molar-refractivity contribution in [2.45, 2.75) is 19.3 Å². The third-order valence-corrected chi connectivity index (χ3v) is 5.70. The Hall–Kier alpha value is -4.20. The monoisotopic (exact) mass is 459 g/mol. The third-order valence-electron chi connectivity index (χ3n) is 5.70. The first-order valence-electron chi connectivity index (χ1n) is 11.1. The molecule has 2 N–H and O–H groups in total. The fraction of sp³-hybridized carbons (Fsp3) is 0.231. The van der Waals surface area contributed by atoms with E-state index in [4.69, 9.17) is 9.84 Å². The number of nitrogens with zero attached hydrogens (tertiary/aromatic N) is 2. The predicted octanol–water partition coefficient (Wildman–Crippen LogP) is 4.38. The molecule has 1 aromatic heterocycles. The van der Waals surface area contributed by atoms with Crippen molar-refractivity contribution in [1.82, 2.24) is 9.88 Å². The number of hydrogen-bond donors (Lipinski definition) is 2. The summed E-state index contributed by atoms with van der Waals surface area (Å²) >= 11 is 0. The Morgan fingerprint density at radius 3 is 2.26 bits per heavy atom. The van der Waals surface area contributed by atoms with Crippen molar-refractivity contribution in [2.24, 2.45) is 0 Å². The molecule has 4 rings (SSSR count).